The Morgan fingerprint density at radius 2 is 1.86 bits per heavy atom. The predicted molar refractivity (Wildman–Crippen MR) is 91.9 cm³/mol. The lowest BCUT2D eigenvalue weighted by molar-refractivity contribution is -0.132. The first-order chi connectivity index (χ1) is 10.3. The SMILES string of the molecule is O=C(C1CSCCS1)N1CCN(Cc2ccccc2)CC1. The van der Waals surface area contributed by atoms with Crippen molar-refractivity contribution in [2.45, 2.75) is 11.8 Å². The summed E-state index contributed by atoms with van der Waals surface area (Å²) in [6, 6.07) is 10.6. The number of benzene rings is 1. The van der Waals surface area contributed by atoms with Crippen molar-refractivity contribution in [2.24, 2.45) is 0 Å². The van der Waals surface area contributed by atoms with Crippen LogP contribution in [-0.2, 0) is 11.3 Å². The number of hydrogen-bond acceptors (Lipinski definition) is 4. The summed E-state index contributed by atoms with van der Waals surface area (Å²) < 4.78 is 0. The molecular formula is C16H22N2OS2. The first-order valence-corrected chi connectivity index (χ1v) is 9.78. The zero-order valence-electron chi connectivity index (χ0n) is 12.2. The highest BCUT2D eigenvalue weighted by atomic mass is 32.2. The van der Waals surface area contributed by atoms with Crippen molar-refractivity contribution in [3.63, 3.8) is 0 Å². The lowest BCUT2D eigenvalue weighted by Gasteiger charge is -2.36. The summed E-state index contributed by atoms with van der Waals surface area (Å²) in [5.74, 6) is 3.67. The topological polar surface area (TPSA) is 23.6 Å². The van der Waals surface area contributed by atoms with Gasteiger partial charge in [-0.2, -0.15) is 11.8 Å². The molecule has 5 heteroatoms. The van der Waals surface area contributed by atoms with Gasteiger partial charge in [0, 0.05) is 50.0 Å². The summed E-state index contributed by atoms with van der Waals surface area (Å²) in [6.45, 7) is 4.74. The van der Waals surface area contributed by atoms with Gasteiger partial charge in [0.2, 0.25) is 5.91 Å². The predicted octanol–water partition coefficient (Wildman–Crippen LogP) is 2.18. The average molecular weight is 322 g/mol. The van der Waals surface area contributed by atoms with E-state index >= 15 is 0 Å². The largest absolute Gasteiger partial charge is 0.339 e. The number of carbonyl (C=O) groups excluding carboxylic acids is 1. The van der Waals surface area contributed by atoms with Crippen molar-refractivity contribution in [2.75, 3.05) is 43.4 Å². The lowest BCUT2D eigenvalue weighted by atomic mass is 10.2. The fourth-order valence-corrected chi connectivity index (χ4v) is 5.43. The van der Waals surface area contributed by atoms with Crippen LogP contribution in [0.1, 0.15) is 5.56 Å². The molecule has 1 atom stereocenters. The Morgan fingerprint density at radius 1 is 1.10 bits per heavy atom. The number of rotatable bonds is 3. The highest BCUT2D eigenvalue weighted by Crippen LogP contribution is 2.26. The Morgan fingerprint density at radius 3 is 2.52 bits per heavy atom. The van der Waals surface area contributed by atoms with Crippen LogP contribution in [0.25, 0.3) is 0 Å². The summed E-state index contributed by atoms with van der Waals surface area (Å²) in [4.78, 5) is 17.0. The summed E-state index contributed by atoms with van der Waals surface area (Å²) >= 11 is 3.76. The maximum atomic E-state index is 12.5. The van der Waals surface area contributed by atoms with Gasteiger partial charge in [0.1, 0.15) is 0 Å². The molecule has 0 N–H and O–H groups in total. The molecule has 1 aromatic carbocycles. The van der Waals surface area contributed by atoms with E-state index in [-0.39, 0.29) is 5.25 Å². The maximum Gasteiger partial charge on any atom is 0.236 e. The van der Waals surface area contributed by atoms with Gasteiger partial charge in [-0.15, -0.1) is 11.8 Å². The van der Waals surface area contributed by atoms with Gasteiger partial charge in [-0.1, -0.05) is 30.3 Å². The minimum atomic E-state index is 0.199. The van der Waals surface area contributed by atoms with Gasteiger partial charge in [0.25, 0.3) is 0 Å². The molecule has 3 nitrogen and oxygen atoms in total. The second-order valence-corrected chi connectivity index (χ2v) is 7.98. The third-order valence-electron chi connectivity index (χ3n) is 4.02. The monoisotopic (exact) mass is 322 g/mol. The Kier molecular flexibility index (Phi) is 5.49. The zero-order chi connectivity index (χ0) is 14.5. The molecule has 2 heterocycles. The van der Waals surface area contributed by atoms with Crippen LogP contribution >= 0.6 is 23.5 Å². The average Bonchev–Trinajstić information content (AvgIpc) is 2.57. The molecule has 2 aliphatic heterocycles. The normalized spacial score (nSPS) is 24.0. The Balaban J connectivity index is 1.47. The molecule has 1 aromatic rings. The summed E-state index contributed by atoms with van der Waals surface area (Å²) in [5, 5.41) is 0.199. The van der Waals surface area contributed by atoms with E-state index in [1.807, 2.05) is 23.5 Å². The molecule has 0 radical (unpaired) electrons. The first-order valence-electron chi connectivity index (χ1n) is 7.57. The molecule has 2 fully saturated rings. The van der Waals surface area contributed by atoms with Crippen LogP contribution in [0, 0.1) is 0 Å². The van der Waals surface area contributed by atoms with E-state index in [9.17, 15) is 4.79 Å². The fraction of sp³-hybridized carbons (Fsp3) is 0.562. The second-order valence-electron chi connectivity index (χ2n) is 5.52. The van der Waals surface area contributed by atoms with Gasteiger partial charge in [-0.05, 0) is 5.56 Å². The van der Waals surface area contributed by atoms with Crippen LogP contribution in [0.15, 0.2) is 30.3 Å². The summed E-state index contributed by atoms with van der Waals surface area (Å²) in [5.41, 5.74) is 1.36. The molecule has 114 valence electrons. The molecule has 0 aliphatic carbocycles. The molecule has 1 amide bonds. The van der Waals surface area contributed by atoms with E-state index in [4.69, 9.17) is 0 Å². The first kappa shape index (κ1) is 15.3. The molecule has 3 rings (SSSR count). The molecule has 1 unspecified atom stereocenters. The van der Waals surface area contributed by atoms with Crippen LogP contribution in [-0.4, -0.2) is 64.4 Å². The molecule has 0 aromatic heterocycles. The third kappa shape index (κ3) is 4.18. The standard InChI is InChI=1S/C16H22N2OS2/c19-16(15-13-20-10-11-21-15)18-8-6-17(7-9-18)12-14-4-2-1-3-5-14/h1-5,15H,6-13H2. The highest BCUT2D eigenvalue weighted by Gasteiger charge is 2.29. The number of thioether (sulfide) groups is 2. The van der Waals surface area contributed by atoms with Crippen LogP contribution in [0.5, 0.6) is 0 Å². The van der Waals surface area contributed by atoms with Crippen LogP contribution in [0.3, 0.4) is 0 Å². The second kappa shape index (κ2) is 7.56. The Labute approximate surface area is 135 Å². The number of nitrogens with zero attached hydrogens (tertiary/aromatic N) is 2. The number of piperazine rings is 1. The van der Waals surface area contributed by atoms with E-state index < -0.39 is 0 Å². The minimum absolute atomic E-state index is 0.199. The molecule has 0 bridgehead atoms. The van der Waals surface area contributed by atoms with Gasteiger partial charge in [0.15, 0.2) is 0 Å². The molecule has 21 heavy (non-hydrogen) atoms. The quantitative estimate of drug-likeness (QED) is 0.851. The van der Waals surface area contributed by atoms with E-state index in [0.29, 0.717) is 5.91 Å². The van der Waals surface area contributed by atoms with Gasteiger partial charge < -0.3 is 4.90 Å². The smallest absolute Gasteiger partial charge is 0.236 e. The van der Waals surface area contributed by atoms with E-state index in [1.54, 1.807) is 0 Å². The van der Waals surface area contributed by atoms with E-state index in [1.165, 1.54) is 11.3 Å². The molecule has 2 saturated heterocycles. The van der Waals surface area contributed by atoms with Crippen molar-refractivity contribution >= 4 is 29.4 Å². The number of carbonyl (C=O) groups is 1. The van der Waals surface area contributed by atoms with Crippen molar-refractivity contribution < 1.29 is 4.79 Å². The van der Waals surface area contributed by atoms with Crippen molar-refractivity contribution in [3.05, 3.63) is 35.9 Å². The number of amides is 1. The maximum absolute atomic E-state index is 12.5. The lowest BCUT2D eigenvalue weighted by Crippen LogP contribution is -2.51. The fourth-order valence-electron chi connectivity index (χ4n) is 2.80. The Hall–Kier alpha value is -0.650. The van der Waals surface area contributed by atoms with Crippen molar-refractivity contribution in [1.29, 1.82) is 0 Å². The molecule has 0 spiro atoms. The zero-order valence-corrected chi connectivity index (χ0v) is 13.9. The van der Waals surface area contributed by atoms with Gasteiger partial charge in [-0.3, -0.25) is 9.69 Å². The summed E-state index contributed by atoms with van der Waals surface area (Å²) in [7, 11) is 0. The van der Waals surface area contributed by atoms with Crippen LogP contribution < -0.4 is 0 Å². The van der Waals surface area contributed by atoms with Crippen molar-refractivity contribution in [1.82, 2.24) is 9.80 Å². The van der Waals surface area contributed by atoms with E-state index in [2.05, 4.69) is 40.1 Å². The van der Waals surface area contributed by atoms with Gasteiger partial charge in [0.05, 0.1) is 5.25 Å². The minimum Gasteiger partial charge on any atom is -0.339 e. The number of hydrogen-bond donors (Lipinski definition) is 0. The Bertz CT molecular complexity index is 455. The third-order valence-corrected chi connectivity index (χ3v) is 6.77. The van der Waals surface area contributed by atoms with Crippen molar-refractivity contribution in [3.8, 4) is 0 Å². The molecular weight excluding hydrogens is 300 g/mol. The highest BCUT2D eigenvalue weighted by molar-refractivity contribution is 8.07. The summed E-state index contributed by atoms with van der Waals surface area (Å²) in [6.07, 6.45) is 0. The van der Waals surface area contributed by atoms with Gasteiger partial charge in [-0.25, -0.2) is 0 Å². The van der Waals surface area contributed by atoms with E-state index in [0.717, 1.165) is 44.2 Å². The van der Waals surface area contributed by atoms with Crippen LogP contribution in [0.4, 0.5) is 0 Å². The van der Waals surface area contributed by atoms with Crippen LogP contribution in [0.2, 0.25) is 0 Å². The molecule has 0 saturated carbocycles. The van der Waals surface area contributed by atoms with Gasteiger partial charge >= 0.3 is 0 Å². The molecule has 2 aliphatic rings.